The maximum absolute atomic E-state index is 12.2. The molecular weight excluding hydrogens is 324 g/mol. The molecule has 1 amide bonds. The summed E-state index contributed by atoms with van der Waals surface area (Å²) in [6.07, 6.45) is 4.36. The number of aromatic amines is 1. The van der Waals surface area contributed by atoms with E-state index < -0.39 is 6.04 Å². The molecule has 0 radical (unpaired) electrons. The molecule has 3 aromatic heterocycles. The van der Waals surface area contributed by atoms with Crippen molar-refractivity contribution in [3.05, 3.63) is 41.9 Å². The number of carbonyl (C=O) groups excluding carboxylic acids is 1. The van der Waals surface area contributed by atoms with E-state index in [1.54, 1.807) is 12.1 Å². The molecule has 0 aliphatic carbocycles. The number of aromatic nitrogens is 5. The topological polar surface area (TPSA) is 123 Å². The first-order valence-corrected chi connectivity index (χ1v) is 7.77. The van der Waals surface area contributed by atoms with E-state index in [-0.39, 0.29) is 17.6 Å². The average molecular weight is 342 g/mol. The molecule has 0 aromatic carbocycles. The average Bonchev–Trinajstić information content (AvgIpc) is 3.31. The number of hydrogen-bond acceptors (Lipinski definition) is 7. The van der Waals surface area contributed by atoms with Crippen LogP contribution in [0, 0.1) is 12.8 Å². The molecule has 0 saturated heterocycles. The number of H-pyrrole nitrogens is 1. The van der Waals surface area contributed by atoms with Gasteiger partial charge in [-0.05, 0) is 31.1 Å². The Morgan fingerprint density at radius 2 is 2.20 bits per heavy atom. The minimum Gasteiger partial charge on any atom is -0.462 e. The molecule has 1 atom stereocenters. The van der Waals surface area contributed by atoms with E-state index in [4.69, 9.17) is 8.94 Å². The summed E-state index contributed by atoms with van der Waals surface area (Å²) in [5.74, 6) is 2.14. The van der Waals surface area contributed by atoms with Crippen molar-refractivity contribution in [2.45, 2.75) is 26.8 Å². The number of aryl methyl sites for hydroxylation is 1. The van der Waals surface area contributed by atoms with Gasteiger partial charge in [0.2, 0.25) is 17.6 Å². The number of furan rings is 1. The second kappa shape index (κ2) is 7.12. The lowest BCUT2D eigenvalue weighted by atomic mass is 10.0. The predicted octanol–water partition coefficient (Wildman–Crippen LogP) is 2.28. The molecule has 0 saturated carbocycles. The molecule has 0 bridgehead atoms. The van der Waals surface area contributed by atoms with Crippen molar-refractivity contribution in [3.63, 3.8) is 0 Å². The van der Waals surface area contributed by atoms with Crippen molar-refractivity contribution >= 4 is 12.0 Å². The Kier molecular flexibility index (Phi) is 4.73. The van der Waals surface area contributed by atoms with E-state index in [1.807, 2.05) is 26.8 Å². The van der Waals surface area contributed by atoms with Crippen molar-refractivity contribution in [2.24, 2.45) is 5.92 Å². The van der Waals surface area contributed by atoms with Crippen molar-refractivity contribution in [1.29, 1.82) is 0 Å². The third kappa shape index (κ3) is 4.00. The van der Waals surface area contributed by atoms with Gasteiger partial charge in [-0.25, -0.2) is 4.98 Å². The van der Waals surface area contributed by atoms with Gasteiger partial charge >= 0.3 is 0 Å². The summed E-state index contributed by atoms with van der Waals surface area (Å²) in [7, 11) is 0. The molecule has 3 heterocycles. The van der Waals surface area contributed by atoms with Crippen molar-refractivity contribution in [1.82, 2.24) is 30.6 Å². The molecule has 1 unspecified atom stereocenters. The highest BCUT2D eigenvalue weighted by Gasteiger charge is 2.24. The fourth-order valence-corrected chi connectivity index (χ4v) is 2.19. The summed E-state index contributed by atoms with van der Waals surface area (Å²) in [6.45, 7) is 5.74. The lowest BCUT2D eigenvalue weighted by molar-refractivity contribution is -0.117. The van der Waals surface area contributed by atoms with Crippen LogP contribution in [0.15, 0.2) is 33.5 Å². The number of hydrogen-bond donors (Lipinski definition) is 2. The zero-order valence-electron chi connectivity index (χ0n) is 14.1. The first kappa shape index (κ1) is 16.6. The lowest BCUT2D eigenvalue weighted by Gasteiger charge is -2.17. The first-order chi connectivity index (χ1) is 12.0. The quantitative estimate of drug-likeness (QED) is 0.659. The molecular formula is C16H18N6O3. The standard InChI is InChI=1S/C16H18N6O3/c1-9(2)13(16-20-15(22-25-16)14-17-8-18-21-14)19-12(23)7-6-11-5-4-10(3)24-11/h4-9,13H,1-3H3,(H,19,23)(H,17,18,21). The Morgan fingerprint density at radius 3 is 2.84 bits per heavy atom. The normalized spacial score (nSPS) is 12.8. The molecule has 0 fully saturated rings. The minimum absolute atomic E-state index is 0.0474. The molecule has 3 rings (SSSR count). The summed E-state index contributed by atoms with van der Waals surface area (Å²) in [5.41, 5.74) is 0. The van der Waals surface area contributed by atoms with Gasteiger partial charge < -0.3 is 14.3 Å². The molecule has 130 valence electrons. The largest absolute Gasteiger partial charge is 0.462 e. The van der Waals surface area contributed by atoms with Crippen LogP contribution in [0.5, 0.6) is 0 Å². The summed E-state index contributed by atoms with van der Waals surface area (Å²) in [4.78, 5) is 20.4. The van der Waals surface area contributed by atoms with Crippen LogP contribution in [-0.4, -0.2) is 31.2 Å². The fraction of sp³-hybridized carbons (Fsp3) is 0.312. The number of amides is 1. The van der Waals surface area contributed by atoms with Crippen molar-refractivity contribution in [2.75, 3.05) is 0 Å². The van der Waals surface area contributed by atoms with Crippen molar-refractivity contribution < 1.29 is 13.7 Å². The van der Waals surface area contributed by atoms with E-state index in [1.165, 1.54) is 12.4 Å². The SMILES string of the molecule is Cc1ccc(C=CC(=O)NC(c2nc(-c3ncn[nH]3)no2)C(C)C)o1. The second-order valence-electron chi connectivity index (χ2n) is 5.80. The number of rotatable bonds is 6. The second-order valence-corrected chi connectivity index (χ2v) is 5.80. The smallest absolute Gasteiger partial charge is 0.249 e. The lowest BCUT2D eigenvalue weighted by Crippen LogP contribution is -2.30. The Morgan fingerprint density at radius 1 is 1.36 bits per heavy atom. The van der Waals surface area contributed by atoms with Crippen LogP contribution in [0.25, 0.3) is 17.7 Å². The molecule has 25 heavy (non-hydrogen) atoms. The fourth-order valence-electron chi connectivity index (χ4n) is 2.19. The Labute approximate surface area is 143 Å². The van der Waals surface area contributed by atoms with Gasteiger partial charge in [-0.3, -0.25) is 9.89 Å². The van der Waals surface area contributed by atoms with Gasteiger partial charge in [0.25, 0.3) is 0 Å². The van der Waals surface area contributed by atoms with Gasteiger partial charge in [0.15, 0.2) is 5.82 Å². The summed E-state index contributed by atoms with van der Waals surface area (Å²) < 4.78 is 10.7. The van der Waals surface area contributed by atoms with Gasteiger partial charge in [-0.1, -0.05) is 19.0 Å². The third-order valence-electron chi connectivity index (χ3n) is 3.46. The number of carbonyl (C=O) groups is 1. The molecule has 0 aliphatic heterocycles. The molecule has 2 N–H and O–H groups in total. The molecule has 9 nitrogen and oxygen atoms in total. The Balaban J connectivity index is 1.71. The molecule has 0 aliphatic rings. The summed E-state index contributed by atoms with van der Waals surface area (Å²) in [5, 5.41) is 13.1. The van der Waals surface area contributed by atoms with Crippen LogP contribution in [0.1, 0.15) is 37.3 Å². The Bertz CT molecular complexity index is 862. The van der Waals surface area contributed by atoms with E-state index in [9.17, 15) is 4.79 Å². The van der Waals surface area contributed by atoms with Crippen LogP contribution in [0.2, 0.25) is 0 Å². The minimum atomic E-state index is -0.431. The Hall–Kier alpha value is -3.23. The van der Waals surface area contributed by atoms with E-state index in [2.05, 4.69) is 30.6 Å². The number of nitrogens with zero attached hydrogens (tertiary/aromatic N) is 4. The monoisotopic (exact) mass is 342 g/mol. The van der Waals surface area contributed by atoms with Crippen LogP contribution < -0.4 is 5.32 Å². The highest BCUT2D eigenvalue weighted by atomic mass is 16.5. The van der Waals surface area contributed by atoms with E-state index in [0.717, 1.165) is 5.76 Å². The van der Waals surface area contributed by atoms with E-state index >= 15 is 0 Å². The maximum Gasteiger partial charge on any atom is 0.249 e. The predicted molar refractivity (Wildman–Crippen MR) is 87.9 cm³/mol. The van der Waals surface area contributed by atoms with Crippen LogP contribution >= 0.6 is 0 Å². The molecule has 9 heteroatoms. The van der Waals surface area contributed by atoms with Crippen LogP contribution in [-0.2, 0) is 4.79 Å². The summed E-state index contributed by atoms with van der Waals surface area (Å²) in [6, 6.07) is 3.19. The van der Waals surface area contributed by atoms with Gasteiger partial charge in [0.1, 0.15) is 23.9 Å². The van der Waals surface area contributed by atoms with Gasteiger partial charge in [-0.2, -0.15) is 10.1 Å². The number of nitrogens with one attached hydrogen (secondary N) is 2. The maximum atomic E-state index is 12.2. The zero-order chi connectivity index (χ0) is 17.8. The highest BCUT2D eigenvalue weighted by Crippen LogP contribution is 2.22. The van der Waals surface area contributed by atoms with Crippen LogP contribution in [0.3, 0.4) is 0 Å². The molecule has 3 aromatic rings. The van der Waals surface area contributed by atoms with Gasteiger partial charge in [0, 0.05) is 6.08 Å². The first-order valence-electron chi connectivity index (χ1n) is 7.77. The van der Waals surface area contributed by atoms with Gasteiger partial charge in [-0.15, -0.1) is 0 Å². The van der Waals surface area contributed by atoms with Crippen LogP contribution in [0.4, 0.5) is 0 Å². The highest BCUT2D eigenvalue weighted by molar-refractivity contribution is 5.91. The van der Waals surface area contributed by atoms with Crippen molar-refractivity contribution in [3.8, 4) is 11.6 Å². The zero-order valence-corrected chi connectivity index (χ0v) is 14.1. The van der Waals surface area contributed by atoms with E-state index in [0.29, 0.717) is 17.5 Å². The summed E-state index contributed by atoms with van der Waals surface area (Å²) >= 11 is 0. The molecule has 0 spiro atoms. The van der Waals surface area contributed by atoms with Gasteiger partial charge in [0.05, 0.1) is 0 Å². The third-order valence-corrected chi connectivity index (χ3v) is 3.46.